The Bertz CT molecular complexity index is 640. The summed E-state index contributed by atoms with van der Waals surface area (Å²) >= 11 is 0. The first-order valence-corrected chi connectivity index (χ1v) is 7.37. The van der Waals surface area contributed by atoms with Crippen LogP contribution in [-0.2, 0) is 6.42 Å². The highest BCUT2D eigenvalue weighted by molar-refractivity contribution is 5.61. The molecular formula is C16H23N5O. The van der Waals surface area contributed by atoms with Gasteiger partial charge in [-0.15, -0.1) is 0 Å². The van der Waals surface area contributed by atoms with Crippen LogP contribution in [0.25, 0.3) is 0 Å². The van der Waals surface area contributed by atoms with Gasteiger partial charge in [-0.05, 0) is 31.5 Å². The molecule has 0 atom stereocenters. The smallest absolute Gasteiger partial charge is 0.221 e. The SMILES string of the molecule is CCN(CC)c1cc(Cc2cnc(N)nc2N)ccc1OC. The molecule has 0 bridgehead atoms. The normalized spacial score (nSPS) is 10.5. The molecule has 0 aliphatic heterocycles. The zero-order valence-electron chi connectivity index (χ0n) is 13.3. The molecule has 1 heterocycles. The van der Waals surface area contributed by atoms with Crippen LogP contribution in [0.4, 0.5) is 17.5 Å². The second kappa shape index (κ2) is 6.98. The number of hydrogen-bond acceptors (Lipinski definition) is 6. The number of rotatable bonds is 6. The predicted molar refractivity (Wildman–Crippen MR) is 90.2 cm³/mol. The summed E-state index contributed by atoms with van der Waals surface area (Å²) in [5.74, 6) is 1.49. The number of hydrogen-bond donors (Lipinski definition) is 2. The lowest BCUT2D eigenvalue weighted by Crippen LogP contribution is -2.22. The van der Waals surface area contributed by atoms with Crippen molar-refractivity contribution in [3.63, 3.8) is 0 Å². The van der Waals surface area contributed by atoms with Crippen molar-refractivity contribution in [2.24, 2.45) is 0 Å². The highest BCUT2D eigenvalue weighted by Crippen LogP contribution is 2.30. The predicted octanol–water partition coefficient (Wildman–Crippen LogP) is 2.09. The van der Waals surface area contributed by atoms with Crippen LogP contribution >= 0.6 is 0 Å². The maximum absolute atomic E-state index is 5.91. The van der Waals surface area contributed by atoms with Gasteiger partial charge >= 0.3 is 0 Å². The zero-order valence-corrected chi connectivity index (χ0v) is 13.3. The monoisotopic (exact) mass is 301 g/mol. The summed E-state index contributed by atoms with van der Waals surface area (Å²) in [6.07, 6.45) is 2.34. The van der Waals surface area contributed by atoms with E-state index in [1.807, 2.05) is 12.1 Å². The molecule has 0 unspecified atom stereocenters. The van der Waals surface area contributed by atoms with Crippen LogP contribution in [0.2, 0.25) is 0 Å². The fraction of sp³-hybridized carbons (Fsp3) is 0.375. The van der Waals surface area contributed by atoms with Gasteiger partial charge in [-0.3, -0.25) is 0 Å². The van der Waals surface area contributed by atoms with E-state index >= 15 is 0 Å². The van der Waals surface area contributed by atoms with Crippen LogP contribution in [0.3, 0.4) is 0 Å². The molecule has 0 saturated carbocycles. The number of nitrogen functional groups attached to an aromatic ring is 2. The maximum atomic E-state index is 5.91. The van der Waals surface area contributed by atoms with Crippen LogP contribution in [0.1, 0.15) is 25.0 Å². The Morgan fingerprint density at radius 1 is 1.18 bits per heavy atom. The van der Waals surface area contributed by atoms with Crippen molar-refractivity contribution in [2.75, 3.05) is 36.6 Å². The zero-order chi connectivity index (χ0) is 16.1. The Labute approximate surface area is 131 Å². The summed E-state index contributed by atoms with van der Waals surface area (Å²) in [4.78, 5) is 10.3. The van der Waals surface area contributed by atoms with Gasteiger partial charge in [0.15, 0.2) is 0 Å². The van der Waals surface area contributed by atoms with Crippen molar-refractivity contribution >= 4 is 17.5 Å². The lowest BCUT2D eigenvalue weighted by molar-refractivity contribution is 0.414. The molecule has 2 rings (SSSR count). The molecule has 2 aromatic rings. The van der Waals surface area contributed by atoms with E-state index in [0.29, 0.717) is 12.2 Å². The Morgan fingerprint density at radius 2 is 1.91 bits per heavy atom. The molecule has 0 fully saturated rings. The minimum absolute atomic E-state index is 0.194. The number of ether oxygens (including phenoxy) is 1. The van der Waals surface area contributed by atoms with Gasteiger partial charge in [-0.2, -0.15) is 4.98 Å². The summed E-state index contributed by atoms with van der Waals surface area (Å²) in [5, 5.41) is 0. The second-order valence-corrected chi connectivity index (χ2v) is 4.99. The van der Waals surface area contributed by atoms with Crippen LogP contribution in [-0.4, -0.2) is 30.2 Å². The fourth-order valence-electron chi connectivity index (χ4n) is 2.45. The van der Waals surface area contributed by atoms with E-state index in [1.54, 1.807) is 13.3 Å². The average Bonchev–Trinajstić information content (AvgIpc) is 2.52. The van der Waals surface area contributed by atoms with E-state index in [4.69, 9.17) is 16.2 Å². The molecule has 4 N–H and O–H groups in total. The van der Waals surface area contributed by atoms with Gasteiger partial charge in [-0.1, -0.05) is 6.07 Å². The Balaban J connectivity index is 2.34. The van der Waals surface area contributed by atoms with Crippen LogP contribution in [0.15, 0.2) is 24.4 Å². The standard InChI is InChI=1S/C16H23N5O/c1-4-21(5-2)13-9-11(6-7-14(13)22-3)8-12-10-19-16(18)20-15(12)17/h6-7,9-10H,4-5,8H2,1-3H3,(H4,17,18,19,20). The largest absolute Gasteiger partial charge is 0.495 e. The molecule has 6 heteroatoms. The number of nitrogens with two attached hydrogens (primary N) is 2. The lowest BCUT2D eigenvalue weighted by Gasteiger charge is -2.24. The number of methoxy groups -OCH3 is 1. The molecule has 0 aliphatic carbocycles. The van der Waals surface area contributed by atoms with Crippen LogP contribution < -0.4 is 21.1 Å². The molecule has 6 nitrogen and oxygen atoms in total. The van der Waals surface area contributed by atoms with Gasteiger partial charge in [0.25, 0.3) is 0 Å². The van der Waals surface area contributed by atoms with Gasteiger partial charge in [0.1, 0.15) is 11.6 Å². The molecule has 1 aromatic heterocycles. The number of benzene rings is 1. The molecule has 118 valence electrons. The van der Waals surface area contributed by atoms with E-state index in [9.17, 15) is 0 Å². The molecule has 22 heavy (non-hydrogen) atoms. The number of anilines is 3. The Hall–Kier alpha value is -2.50. The van der Waals surface area contributed by atoms with Crippen molar-refractivity contribution in [1.29, 1.82) is 0 Å². The first-order chi connectivity index (χ1) is 10.6. The highest BCUT2D eigenvalue weighted by Gasteiger charge is 2.11. The van der Waals surface area contributed by atoms with Crippen molar-refractivity contribution in [3.8, 4) is 5.75 Å². The van der Waals surface area contributed by atoms with E-state index in [2.05, 4.69) is 34.8 Å². The number of aromatic nitrogens is 2. The summed E-state index contributed by atoms with van der Waals surface area (Å²) in [7, 11) is 1.69. The van der Waals surface area contributed by atoms with Gasteiger partial charge in [0, 0.05) is 31.3 Å². The average molecular weight is 301 g/mol. The Kier molecular flexibility index (Phi) is 5.04. The fourth-order valence-corrected chi connectivity index (χ4v) is 2.45. The van der Waals surface area contributed by atoms with Gasteiger partial charge in [0.2, 0.25) is 5.95 Å². The summed E-state index contributed by atoms with van der Waals surface area (Å²) in [6.45, 7) is 6.09. The highest BCUT2D eigenvalue weighted by atomic mass is 16.5. The molecule has 0 saturated heterocycles. The van der Waals surface area contributed by atoms with E-state index in [0.717, 1.165) is 35.7 Å². The third kappa shape index (κ3) is 3.39. The molecule has 0 amide bonds. The molecule has 0 spiro atoms. The third-order valence-electron chi connectivity index (χ3n) is 3.66. The minimum atomic E-state index is 0.194. The Morgan fingerprint density at radius 3 is 2.50 bits per heavy atom. The van der Waals surface area contributed by atoms with E-state index in [-0.39, 0.29) is 5.95 Å². The number of nitrogens with zero attached hydrogens (tertiary/aromatic N) is 3. The lowest BCUT2D eigenvalue weighted by atomic mass is 10.1. The maximum Gasteiger partial charge on any atom is 0.221 e. The summed E-state index contributed by atoms with van der Waals surface area (Å²) < 4.78 is 5.47. The van der Waals surface area contributed by atoms with Crippen molar-refractivity contribution in [1.82, 2.24) is 9.97 Å². The first kappa shape index (κ1) is 15.9. The molecular weight excluding hydrogens is 278 g/mol. The minimum Gasteiger partial charge on any atom is -0.495 e. The summed E-state index contributed by atoms with van der Waals surface area (Å²) in [5.41, 5.74) is 14.5. The van der Waals surface area contributed by atoms with Crippen molar-refractivity contribution in [3.05, 3.63) is 35.5 Å². The topological polar surface area (TPSA) is 90.3 Å². The van der Waals surface area contributed by atoms with E-state index < -0.39 is 0 Å². The van der Waals surface area contributed by atoms with Gasteiger partial charge < -0.3 is 21.1 Å². The van der Waals surface area contributed by atoms with Gasteiger partial charge in [0.05, 0.1) is 12.8 Å². The second-order valence-electron chi connectivity index (χ2n) is 4.99. The summed E-state index contributed by atoms with van der Waals surface area (Å²) in [6, 6.07) is 6.14. The van der Waals surface area contributed by atoms with Crippen molar-refractivity contribution < 1.29 is 4.74 Å². The first-order valence-electron chi connectivity index (χ1n) is 7.37. The van der Waals surface area contributed by atoms with E-state index in [1.165, 1.54) is 0 Å². The molecule has 1 aromatic carbocycles. The molecule has 0 radical (unpaired) electrons. The van der Waals surface area contributed by atoms with Crippen molar-refractivity contribution in [2.45, 2.75) is 20.3 Å². The quantitative estimate of drug-likeness (QED) is 0.849. The third-order valence-corrected chi connectivity index (χ3v) is 3.66. The van der Waals surface area contributed by atoms with Crippen LogP contribution in [0.5, 0.6) is 5.75 Å². The molecule has 0 aliphatic rings. The van der Waals surface area contributed by atoms with Gasteiger partial charge in [-0.25, -0.2) is 4.98 Å². The van der Waals surface area contributed by atoms with Crippen LogP contribution in [0, 0.1) is 0 Å².